The van der Waals surface area contributed by atoms with Crippen molar-refractivity contribution in [3.05, 3.63) is 29.3 Å². The van der Waals surface area contributed by atoms with Crippen molar-refractivity contribution < 1.29 is 22.7 Å². The van der Waals surface area contributed by atoms with Crippen molar-refractivity contribution in [2.45, 2.75) is 64.9 Å². The van der Waals surface area contributed by atoms with E-state index in [1.807, 2.05) is 6.92 Å². The summed E-state index contributed by atoms with van der Waals surface area (Å²) in [6.07, 6.45) is -3.33. The lowest BCUT2D eigenvalue weighted by Gasteiger charge is -2.23. The van der Waals surface area contributed by atoms with E-state index in [9.17, 15) is 18.0 Å². The summed E-state index contributed by atoms with van der Waals surface area (Å²) in [5.74, 6) is -0.326. The van der Waals surface area contributed by atoms with Crippen LogP contribution in [0.4, 0.5) is 13.2 Å². The largest absolute Gasteiger partial charge is 0.488 e. The summed E-state index contributed by atoms with van der Waals surface area (Å²) < 4.78 is 45.3. The second kappa shape index (κ2) is 7.88. The molecule has 1 unspecified atom stereocenters. The van der Waals surface area contributed by atoms with E-state index in [4.69, 9.17) is 10.5 Å². The molecule has 0 bridgehead atoms. The Labute approximate surface area is 140 Å². The Kier molecular flexibility index (Phi) is 6.66. The van der Waals surface area contributed by atoms with Crippen molar-refractivity contribution in [1.82, 2.24) is 5.32 Å². The minimum Gasteiger partial charge on any atom is -0.488 e. The summed E-state index contributed by atoms with van der Waals surface area (Å²) in [5, 5.41) is 2.46. The van der Waals surface area contributed by atoms with Gasteiger partial charge >= 0.3 is 6.18 Å². The number of nitrogens with one attached hydrogen (secondary N) is 1. The van der Waals surface area contributed by atoms with Gasteiger partial charge in [0, 0.05) is 6.54 Å². The zero-order valence-corrected chi connectivity index (χ0v) is 14.5. The second-order valence-electron chi connectivity index (χ2n) is 6.64. The minimum absolute atomic E-state index is 0.0270. The molecule has 1 amide bonds. The van der Waals surface area contributed by atoms with E-state index in [1.165, 1.54) is 12.1 Å². The van der Waals surface area contributed by atoms with Crippen molar-refractivity contribution in [3.63, 3.8) is 0 Å². The molecule has 0 aromatic heterocycles. The fourth-order valence-corrected chi connectivity index (χ4v) is 2.15. The Bertz CT molecular complexity index is 566. The Morgan fingerprint density at radius 1 is 1.29 bits per heavy atom. The molecule has 0 aliphatic rings. The summed E-state index contributed by atoms with van der Waals surface area (Å²) >= 11 is 0. The molecule has 7 heteroatoms. The number of carbonyl (C=O) groups is 1. The Morgan fingerprint density at radius 2 is 1.92 bits per heavy atom. The Balaban J connectivity index is 2.96. The van der Waals surface area contributed by atoms with Crippen LogP contribution in [0.1, 0.15) is 51.7 Å². The summed E-state index contributed by atoms with van der Waals surface area (Å²) in [5.41, 5.74) is 4.20. The third-order valence-electron chi connectivity index (χ3n) is 3.20. The molecule has 0 spiro atoms. The maximum absolute atomic E-state index is 13.3. The zero-order chi connectivity index (χ0) is 18.5. The molecule has 1 rings (SSSR count). The summed E-state index contributed by atoms with van der Waals surface area (Å²) in [7, 11) is 0. The SMILES string of the molecule is CCCC(N)C(=O)NCc1ccc(OC(C)(C)C)cc1C(F)(F)F. The number of alkyl halides is 3. The Hall–Kier alpha value is -1.76. The van der Waals surface area contributed by atoms with Gasteiger partial charge in [0.2, 0.25) is 5.91 Å². The molecule has 0 saturated carbocycles. The molecule has 3 N–H and O–H groups in total. The van der Waals surface area contributed by atoms with Crippen LogP contribution in [0.25, 0.3) is 0 Å². The molecule has 0 aliphatic heterocycles. The highest BCUT2D eigenvalue weighted by atomic mass is 19.4. The van der Waals surface area contributed by atoms with Gasteiger partial charge < -0.3 is 15.8 Å². The first kappa shape index (κ1) is 20.3. The fraction of sp³-hybridized carbons (Fsp3) is 0.588. The molecule has 0 aliphatic carbocycles. The van der Waals surface area contributed by atoms with Crippen LogP contribution in [0.2, 0.25) is 0 Å². The maximum Gasteiger partial charge on any atom is 0.416 e. The van der Waals surface area contributed by atoms with Crippen LogP contribution in [-0.2, 0) is 17.5 Å². The van der Waals surface area contributed by atoms with E-state index in [1.54, 1.807) is 20.8 Å². The number of ether oxygens (including phenoxy) is 1. The first-order valence-corrected chi connectivity index (χ1v) is 7.86. The van der Waals surface area contributed by atoms with Crippen LogP contribution >= 0.6 is 0 Å². The molecule has 136 valence electrons. The molecule has 1 aromatic carbocycles. The van der Waals surface area contributed by atoms with Crippen LogP contribution < -0.4 is 15.8 Å². The maximum atomic E-state index is 13.3. The molecular weight excluding hydrogens is 321 g/mol. The lowest BCUT2D eigenvalue weighted by atomic mass is 10.1. The van der Waals surface area contributed by atoms with E-state index in [2.05, 4.69) is 5.32 Å². The highest BCUT2D eigenvalue weighted by Gasteiger charge is 2.34. The first-order chi connectivity index (χ1) is 10.9. The fourth-order valence-electron chi connectivity index (χ4n) is 2.15. The molecule has 24 heavy (non-hydrogen) atoms. The van der Waals surface area contributed by atoms with Crippen molar-refractivity contribution in [1.29, 1.82) is 0 Å². The quantitative estimate of drug-likeness (QED) is 0.827. The van der Waals surface area contributed by atoms with E-state index in [0.717, 1.165) is 12.5 Å². The first-order valence-electron chi connectivity index (χ1n) is 7.86. The number of hydrogen-bond donors (Lipinski definition) is 2. The number of amides is 1. The predicted molar refractivity (Wildman–Crippen MR) is 86.6 cm³/mol. The molecule has 0 fully saturated rings. The lowest BCUT2D eigenvalue weighted by molar-refractivity contribution is -0.138. The summed E-state index contributed by atoms with van der Waals surface area (Å²) in [4.78, 5) is 11.8. The molecule has 0 radical (unpaired) electrons. The van der Waals surface area contributed by atoms with E-state index in [0.29, 0.717) is 6.42 Å². The van der Waals surface area contributed by atoms with Gasteiger partial charge in [0.25, 0.3) is 0 Å². The van der Waals surface area contributed by atoms with Crippen LogP contribution in [0, 0.1) is 0 Å². The number of halogens is 3. The number of benzene rings is 1. The van der Waals surface area contributed by atoms with Gasteiger partial charge in [-0.15, -0.1) is 0 Å². The standard InChI is InChI=1S/C17H25F3N2O2/c1-5-6-14(21)15(23)22-10-11-7-8-12(24-16(2,3)4)9-13(11)17(18,19)20/h7-9,14H,5-6,10,21H2,1-4H3,(H,22,23). The Morgan fingerprint density at radius 3 is 2.42 bits per heavy atom. The summed E-state index contributed by atoms with van der Waals surface area (Å²) in [6, 6.07) is 3.02. The smallest absolute Gasteiger partial charge is 0.416 e. The van der Waals surface area contributed by atoms with Crippen molar-refractivity contribution in [2.24, 2.45) is 5.73 Å². The molecular formula is C17H25F3N2O2. The number of hydrogen-bond acceptors (Lipinski definition) is 3. The molecule has 0 saturated heterocycles. The third kappa shape index (κ3) is 6.39. The number of carbonyl (C=O) groups excluding carboxylic acids is 1. The van der Waals surface area contributed by atoms with Gasteiger partial charge in [0.15, 0.2) is 0 Å². The normalized spacial score (nSPS) is 13.5. The number of nitrogens with two attached hydrogens (primary N) is 1. The van der Waals surface area contributed by atoms with Gasteiger partial charge in [-0.1, -0.05) is 19.4 Å². The lowest BCUT2D eigenvalue weighted by Crippen LogP contribution is -2.40. The summed E-state index contributed by atoms with van der Waals surface area (Å²) in [6.45, 7) is 6.90. The average molecular weight is 346 g/mol. The van der Waals surface area contributed by atoms with Crippen LogP contribution in [0.15, 0.2) is 18.2 Å². The van der Waals surface area contributed by atoms with Crippen molar-refractivity contribution in [2.75, 3.05) is 0 Å². The van der Waals surface area contributed by atoms with E-state index in [-0.39, 0.29) is 17.9 Å². The van der Waals surface area contributed by atoms with Gasteiger partial charge in [-0.3, -0.25) is 4.79 Å². The van der Waals surface area contributed by atoms with Crippen LogP contribution in [0.3, 0.4) is 0 Å². The molecule has 4 nitrogen and oxygen atoms in total. The van der Waals surface area contributed by atoms with Gasteiger partial charge in [-0.05, 0) is 44.9 Å². The zero-order valence-electron chi connectivity index (χ0n) is 14.5. The topological polar surface area (TPSA) is 64.4 Å². The predicted octanol–water partition coefficient (Wildman–Crippen LogP) is 3.63. The van der Waals surface area contributed by atoms with Gasteiger partial charge in [0.1, 0.15) is 11.4 Å². The van der Waals surface area contributed by atoms with Crippen molar-refractivity contribution in [3.8, 4) is 5.75 Å². The van der Waals surface area contributed by atoms with Crippen LogP contribution in [-0.4, -0.2) is 17.6 Å². The minimum atomic E-state index is -4.54. The van der Waals surface area contributed by atoms with Gasteiger partial charge in [0.05, 0.1) is 11.6 Å². The third-order valence-corrected chi connectivity index (χ3v) is 3.20. The average Bonchev–Trinajstić information content (AvgIpc) is 2.43. The monoisotopic (exact) mass is 346 g/mol. The highest BCUT2D eigenvalue weighted by molar-refractivity contribution is 5.81. The highest BCUT2D eigenvalue weighted by Crippen LogP contribution is 2.35. The molecule has 1 aromatic rings. The van der Waals surface area contributed by atoms with E-state index >= 15 is 0 Å². The van der Waals surface area contributed by atoms with Gasteiger partial charge in [-0.2, -0.15) is 13.2 Å². The molecule has 1 atom stereocenters. The van der Waals surface area contributed by atoms with E-state index < -0.39 is 29.3 Å². The molecule has 0 heterocycles. The van der Waals surface area contributed by atoms with Crippen molar-refractivity contribution >= 4 is 5.91 Å². The van der Waals surface area contributed by atoms with Gasteiger partial charge in [-0.25, -0.2) is 0 Å². The number of rotatable bonds is 6. The van der Waals surface area contributed by atoms with Crippen LogP contribution in [0.5, 0.6) is 5.75 Å². The second-order valence-corrected chi connectivity index (χ2v) is 6.64.